The topological polar surface area (TPSA) is 116 Å². The molecule has 17 rings (SSSR count). The van der Waals surface area contributed by atoms with Crippen LogP contribution in [0.2, 0.25) is 0 Å². The number of anilines is 12. The third-order valence-corrected chi connectivity index (χ3v) is 18.8. The Kier molecular flexibility index (Phi) is 15.3. The molecule has 0 aliphatic heterocycles. The van der Waals surface area contributed by atoms with E-state index in [0.717, 1.165) is 134 Å². The maximum atomic E-state index is 5.30. The summed E-state index contributed by atoms with van der Waals surface area (Å²) in [5.74, 6) is 2.58. The summed E-state index contributed by atoms with van der Waals surface area (Å²) >= 11 is 0. The van der Waals surface area contributed by atoms with Crippen molar-refractivity contribution in [3.05, 3.63) is 352 Å². The lowest BCUT2D eigenvalue weighted by molar-refractivity contribution is 0.661. The minimum atomic E-state index is -0.578. The van der Waals surface area contributed by atoms with Crippen LogP contribution in [-0.2, 0) is 5.41 Å². The van der Waals surface area contributed by atoms with E-state index in [1.54, 1.807) is 49.6 Å². The van der Waals surface area contributed by atoms with E-state index in [1.165, 1.54) is 0 Å². The molecule has 0 bridgehead atoms. The van der Waals surface area contributed by atoms with Gasteiger partial charge in [0.25, 0.3) is 0 Å². The molecule has 4 heterocycles. The Morgan fingerprint density at radius 1 is 0.242 bits per heavy atom. The molecule has 0 fully saturated rings. The van der Waals surface area contributed by atoms with Crippen LogP contribution < -0.4 is 19.6 Å². The van der Waals surface area contributed by atoms with Gasteiger partial charge in [-0.15, -0.1) is 0 Å². The van der Waals surface area contributed by atoms with Crippen LogP contribution >= 0.6 is 0 Å². The minimum absolute atomic E-state index is 0.578. The maximum Gasteiger partial charge on any atom is 0.156 e. The highest BCUT2D eigenvalue weighted by atomic mass is 15.2. The van der Waals surface area contributed by atoms with Crippen molar-refractivity contribution < 1.29 is 0 Å². The van der Waals surface area contributed by atoms with E-state index in [9.17, 15) is 0 Å². The number of fused-ring (bicyclic) bond motifs is 5. The van der Waals surface area contributed by atoms with Crippen molar-refractivity contribution in [2.45, 2.75) is 19.3 Å². The zero-order valence-corrected chi connectivity index (χ0v) is 54.2. The zero-order chi connectivity index (χ0) is 66.2. The molecule has 12 aromatic carbocycles. The quantitative estimate of drug-likeness (QED) is 0.0677. The molecule has 0 amide bonds. The first-order valence-electron chi connectivity index (χ1n) is 33.0. The molecule has 0 unspecified atom stereocenters. The van der Waals surface area contributed by atoms with Crippen molar-refractivity contribution in [3.8, 4) is 55.6 Å². The van der Waals surface area contributed by atoms with Crippen LogP contribution in [0.1, 0.15) is 25.0 Å². The summed E-state index contributed by atoms with van der Waals surface area (Å²) in [6.45, 7) is 4.71. The molecule has 4 aromatic heterocycles. The SMILES string of the molecule is CC1(C)c2cc(N(c3cnccn3)c3ccccc3-c3ccccc3)ccc2-c2cc3c(N(c4cnccn4)c4ccccc4-c4ccccc4)c4cc(N(c5cnccn5)c5ccccc5-c5ccccc5)ccc4c(N(c4cnccn4)c4ccccc4-c4ccccc4)c3cc21. The molecule has 1 aliphatic carbocycles. The molecular weight excluding hydrogens is 1210 g/mol. The van der Waals surface area contributed by atoms with Gasteiger partial charge in [-0.25, -0.2) is 19.9 Å². The fraction of sp³-hybridized carbons (Fsp3) is 0.0345. The summed E-state index contributed by atoms with van der Waals surface area (Å²) in [4.78, 5) is 48.9. The van der Waals surface area contributed by atoms with Gasteiger partial charge in [-0.3, -0.25) is 39.5 Å². The van der Waals surface area contributed by atoms with Crippen LogP contribution in [0.5, 0.6) is 0 Å². The molecule has 16 aromatic rings. The Balaban J connectivity index is 1.02. The van der Waals surface area contributed by atoms with E-state index >= 15 is 0 Å². The molecule has 470 valence electrons. The highest BCUT2D eigenvalue weighted by Crippen LogP contribution is 2.59. The molecule has 0 spiro atoms. The second-order valence-electron chi connectivity index (χ2n) is 24.9. The Bertz CT molecular complexity index is 5600. The number of hydrogen-bond donors (Lipinski definition) is 0. The summed E-state index contributed by atoms with van der Waals surface area (Å²) in [7, 11) is 0. The van der Waals surface area contributed by atoms with Gasteiger partial charge >= 0.3 is 0 Å². The predicted octanol–water partition coefficient (Wildman–Crippen LogP) is 22.0. The molecular formula is C87H62N12. The van der Waals surface area contributed by atoms with E-state index < -0.39 is 5.41 Å². The normalized spacial score (nSPS) is 12.0. The van der Waals surface area contributed by atoms with Gasteiger partial charge in [0.1, 0.15) is 0 Å². The van der Waals surface area contributed by atoms with Crippen LogP contribution in [-0.4, -0.2) is 39.9 Å². The molecule has 0 saturated heterocycles. The molecule has 1 aliphatic rings. The van der Waals surface area contributed by atoms with Crippen molar-refractivity contribution in [1.29, 1.82) is 0 Å². The lowest BCUT2D eigenvalue weighted by Crippen LogP contribution is -2.19. The number of benzene rings is 12. The summed E-state index contributed by atoms with van der Waals surface area (Å²) in [6.07, 6.45) is 21.4. The average Bonchev–Trinajstić information content (AvgIpc) is 1.57. The monoisotopic (exact) mass is 1270 g/mol. The average molecular weight is 1280 g/mol. The van der Waals surface area contributed by atoms with E-state index in [4.69, 9.17) is 34.9 Å². The fourth-order valence-electron chi connectivity index (χ4n) is 14.4. The van der Waals surface area contributed by atoms with E-state index in [2.05, 4.69) is 305 Å². The van der Waals surface area contributed by atoms with Crippen molar-refractivity contribution in [2.24, 2.45) is 0 Å². The molecule has 99 heavy (non-hydrogen) atoms. The summed E-state index contributed by atoms with van der Waals surface area (Å²) in [6, 6.07) is 95.1. The third-order valence-electron chi connectivity index (χ3n) is 18.8. The van der Waals surface area contributed by atoms with Crippen LogP contribution in [0.4, 0.5) is 68.8 Å². The van der Waals surface area contributed by atoms with E-state index in [0.29, 0.717) is 23.3 Å². The molecule has 0 atom stereocenters. The van der Waals surface area contributed by atoms with Gasteiger partial charge in [0.2, 0.25) is 0 Å². The van der Waals surface area contributed by atoms with Crippen LogP contribution in [0.15, 0.2) is 341 Å². The fourth-order valence-corrected chi connectivity index (χ4v) is 14.4. The standard InChI is InChI=1S/C87H62N12/c1-87(2)75-52-64(97(82-56-89-44-48-93-82)78-36-20-16-32-66(78)60-25-9-4-10-26-60)39-41-69(75)71-53-73-74(54-76(71)87)85(98(83-57-90-45-49-94-83)79-37-21-17-33-67(79)61-27-11-5-12-28-61)70-42-40-63(96(81-55-88-43-47-92-81)77-35-19-15-31-65(77)59-23-7-3-8-24-59)51-72(70)86(73)99(84-58-91-46-50-95-84)80-38-22-18-34-68(80)62-29-13-6-14-30-62/h3-58H,1-2H3. The molecule has 0 N–H and O–H groups in total. The van der Waals surface area contributed by atoms with Gasteiger partial charge in [-0.05, 0) is 105 Å². The van der Waals surface area contributed by atoms with Gasteiger partial charge in [-0.1, -0.05) is 220 Å². The summed E-state index contributed by atoms with van der Waals surface area (Å²) < 4.78 is 0. The van der Waals surface area contributed by atoms with E-state index in [1.807, 2.05) is 24.8 Å². The highest BCUT2D eigenvalue weighted by molar-refractivity contribution is 6.25. The Morgan fingerprint density at radius 3 is 0.949 bits per heavy atom. The Morgan fingerprint density at radius 2 is 0.556 bits per heavy atom. The Hall–Kier alpha value is -13.3. The number of nitrogens with zero attached hydrogens (tertiary/aromatic N) is 12. The molecule has 12 nitrogen and oxygen atoms in total. The van der Waals surface area contributed by atoms with Crippen LogP contribution in [0, 0.1) is 0 Å². The zero-order valence-electron chi connectivity index (χ0n) is 54.2. The minimum Gasteiger partial charge on any atom is -0.293 e. The van der Waals surface area contributed by atoms with Crippen LogP contribution in [0.3, 0.4) is 0 Å². The number of para-hydroxylation sites is 4. The number of hydrogen-bond acceptors (Lipinski definition) is 12. The smallest absolute Gasteiger partial charge is 0.156 e. The second kappa shape index (κ2) is 25.4. The van der Waals surface area contributed by atoms with Gasteiger partial charge in [0, 0.05) is 110 Å². The van der Waals surface area contributed by atoms with Crippen molar-refractivity contribution >= 4 is 90.3 Å². The first kappa shape index (κ1) is 59.4. The van der Waals surface area contributed by atoms with Crippen LogP contribution in [0.25, 0.3) is 77.2 Å². The lowest BCUT2D eigenvalue weighted by Gasteiger charge is -2.34. The van der Waals surface area contributed by atoms with Gasteiger partial charge in [-0.2, -0.15) is 0 Å². The maximum absolute atomic E-state index is 5.30. The molecule has 0 radical (unpaired) electrons. The highest BCUT2D eigenvalue weighted by Gasteiger charge is 2.39. The van der Waals surface area contributed by atoms with Gasteiger partial charge in [0.15, 0.2) is 23.3 Å². The second-order valence-corrected chi connectivity index (χ2v) is 24.9. The number of rotatable bonds is 16. The first-order chi connectivity index (χ1) is 48.9. The molecule has 0 saturated carbocycles. The van der Waals surface area contributed by atoms with Crippen molar-refractivity contribution in [1.82, 2.24) is 39.9 Å². The Labute approximate surface area is 573 Å². The van der Waals surface area contributed by atoms with Gasteiger partial charge in [0.05, 0.1) is 58.9 Å². The van der Waals surface area contributed by atoms with Crippen molar-refractivity contribution in [2.75, 3.05) is 19.6 Å². The molecule has 12 heteroatoms. The lowest BCUT2D eigenvalue weighted by atomic mass is 9.81. The largest absolute Gasteiger partial charge is 0.293 e. The first-order valence-corrected chi connectivity index (χ1v) is 33.0. The summed E-state index contributed by atoms with van der Waals surface area (Å²) in [5, 5.41) is 3.71. The van der Waals surface area contributed by atoms with Gasteiger partial charge < -0.3 is 0 Å². The summed E-state index contributed by atoms with van der Waals surface area (Å²) in [5.41, 5.74) is 19.5. The number of aromatic nitrogens is 8. The van der Waals surface area contributed by atoms with Crippen molar-refractivity contribution in [3.63, 3.8) is 0 Å². The predicted molar refractivity (Wildman–Crippen MR) is 402 cm³/mol. The van der Waals surface area contributed by atoms with E-state index in [-0.39, 0.29) is 0 Å². The third kappa shape index (κ3) is 10.7.